The normalized spacial score (nSPS) is 22.1. The van der Waals surface area contributed by atoms with Gasteiger partial charge in [0.25, 0.3) is 0 Å². The van der Waals surface area contributed by atoms with Crippen molar-refractivity contribution >= 4 is 0 Å². The maximum atomic E-state index is 8.97. The molecule has 2 heterocycles. The number of aromatic nitrogens is 2. The summed E-state index contributed by atoms with van der Waals surface area (Å²) in [6.07, 6.45) is 5.92. The van der Waals surface area contributed by atoms with Gasteiger partial charge in [-0.15, -0.1) is 0 Å². The number of likely N-dealkylation sites (tertiary alicyclic amines) is 1. The molecule has 0 radical (unpaired) electrons. The molecule has 0 aliphatic carbocycles. The highest BCUT2D eigenvalue weighted by Crippen LogP contribution is 2.29. The highest BCUT2D eigenvalue weighted by atomic mass is 16.3. The first kappa shape index (κ1) is 10.5. The zero-order valence-corrected chi connectivity index (χ0v) is 9.06. The molecule has 1 saturated heterocycles. The second-order valence-electron chi connectivity index (χ2n) is 4.00. The third kappa shape index (κ3) is 2.33. The molecule has 1 aromatic heterocycles. The molecule has 1 aromatic rings. The molecule has 1 aliphatic rings. The Morgan fingerprint density at radius 3 is 3.13 bits per heavy atom. The van der Waals surface area contributed by atoms with Crippen LogP contribution in [-0.2, 0) is 0 Å². The molecule has 2 rings (SSSR count). The number of nitrogens with zero attached hydrogens (tertiary/aromatic N) is 3. The SMILES string of the molecule is Cc1cncc([C@H]2CCCN2CCO)n1. The van der Waals surface area contributed by atoms with Crippen molar-refractivity contribution in [2.75, 3.05) is 19.7 Å². The van der Waals surface area contributed by atoms with E-state index < -0.39 is 0 Å². The van der Waals surface area contributed by atoms with Gasteiger partial charge in [-0.1, -0.05) is 0 Å². The minimum Gasteiger partial charge on any atom is -0.395 e. The Hall–Kier alpha value is -1.00. The molecule has 0 unspecified atom stereocenters. The number of hydrogen-bond acceptors (Lipinski definition) is 4. The van der Waals surface area contributed by atoms with Gasteiger partial charge in [-0.25, -0.2) is 0 Å². The van der Waals surface area contributed by atoms with Crippen LogP contribution in [0.1, 0.15) is 30.3 Å². The largest absolute Gasteiger partial charge is 0.395 e. The monoisotopic (exact) mass is 207 g/mol. The molecule has 1 fully saturated rings. The third-order valence-corrected chi connectivity index (χ3v) is 2.87. The van der Waals surface area contributed by atoms with E-state index in [0.717, 1.165) is 30.9 Å². The fraction of sp³-hybridized carbons (Fsp3) is 0.636. The summed E-state index contributed by atoms with van der Waals surface area (Å²) in [5.74, 6) is 0. The standard InChI is InChI=1S/C11H17N3O/c1-9-7-12-8-10(13-9)11-3-2-4-14(11)5-6-15/h7-8,11,15H,2-6H2,1H3/t11-/m1/s1. The van der Waals surface area contributed by atoms with E-state index in [1.807, 2.05) is 13.1 Å². The van der Waals surface area contributed by atoms with Crippen LogP contribution in [0.5, 0.6) is 0 Å². The first-order chi connectivity index (χ1) is 7.31. The van der Waals surface area contributed by atoms with E-state index >= 15 is 0 Å². The summed E-state index contributed by atoms with van der Waals surface area (Å²) in [5.41, 5.74) is 2.00. The second-order valence-corrected chi connectivity index (χ2v) is 4.00. The maximum absolute atomic E-state index is 8.97. The van der Waals surface area contributed by atoms with Gasteiger partial charge in [0.1, 0.15) is 0 Å². The number of aryl methyl sites for hydroxylation is 1. The van der Waals surface area contributed by atoms with Crippen LogP contribution < -0.4 is 0 Å². The Morgan fingerprint density at radius 1 is 1.53 bits per heavy atom. The summed E-state index contributed by atoms with van der Waals surface area (Å²) in [6.45, 7) is 3.97. The Morgan fingerprint density at radius 2 is 2.40 bits per heavy atom. The molecule has 0 bridgehead atoms. The first-order valence-electron chi connectivity index (χ1n) is 5.44. The summed E-state index contributed by atoms with van der Waals surface area (Å²) in [4.78, 5) is 11.0. The van der Waals surface area contributed by atoms with Gasteiger partial charge in [-0.2, -0.15) is 0 Å². The van der Waals surface area contributed by atoms with E-state index in [-0.39, 0.29) is 6.61 Å². The minimum absolute atomic E-state index is 0.218. The molecule has 0 spiro atoms. The highest BCUT2D eigenvalue weighted by molar-refractivity contribution is 5.08. The van der Waals surface area contributed by atoms with Crippen molar-refractivity contribution in [3.8, 4) is 0 Å². The third-order valence-electron chi connectivity index (χ3n) is 2.87. The van der Waals surface area contributed by atoms with E-state index in [1.54, 1.807) is 6.20 Å². The molecular formula is C11H17N3O. The lowest BCUT2D eigenvalue weighted by Crippen LogP contribution is -2.27. The summed E-state index contributed by atoms with van der Waals surface area (Å²) in [6, 6.07) is 0.351. The van der Waals surface area contributed by atoms with Crippen molar-refractivity contribution in [2.24, 2.45) is 0 Å². The summed E-state index contributed by atoms with van der Waals surface area (Å²) >= 11 is 0. The van der Waals surface area contributed by atoms with Crippen molar-refractivity contribution in [1.29, 1.82) is 0 Å². The molecule has 0 saturated carbocycles. The van der Waals surface area contributed by atoms with Crippen molar-refractivity contribution < 1.29 is 5.11 Å². The Bertz CT molecular complexity index is 329. The van der Waals surface area contributed by atoms with E-state index in [4.69, 9.17) is 5.11 Å². The molecular weight excluding hydrogens is 190 g/mol. The van der Waals surface area contributed by atoms with E-state index in [0.29, 0.717) is 6.04 Å². The van der Waals surface area contributed by atoms with Crippen LogP contribution in [0.2, 0.25) is 0 Å². The van der Waals surface area contributed by atoms with Gasteiger partial charge in [-0.3, -0.25) is 14.9 Å². The zero-order chi connectivity index (χ0) is 10.7. The fourth-order valence-electron chi connectivity index (χ4n) is 2.20. The van der Waals surface area contributed by atoms with Crippen LogP contribution >= 0.6 is 0 Å². The molecule has 82 valence electrons. The highest BCUT2D eigenvalue weighted by Gasteiger charge is 2.26. The topological polar surface area (TPSA) is 49.2 Å². The lowest BCUT2D eigenvalue weighted by atomic mass is 10.1. The van der Waals surface area contributed by atoms with Gasteiger partial charge in [0.2, 0.25) is 0 Å². The molecule has 4 nitrogen and oxygen atoms in total. The number of aliphatic hydroxyl groups excluding tert-OH is 1. The number of β-amino-alcohol motifs (C(OH)–C–C–N with tert-alkyl or cyclic N) is 1. The summed E-state index contributed by atoms with van der Waals surface area (Å²) < 4.78 is 0. The lowest BCUT2D eigenvalue weighted by molar-refractivity contribution is 0.183. The number of rotatable bonds is 3. The van der Waals surface area contributed by atoms with Crippen LogP contribution in [0.4, 0.5) is 0 Å². The summed E-state index contributed by atoms with van der Waals surface area (Å²) in [7, 11) is 0. The predicted molar refractivity (Wildman–Crippen MR) is 57.4 cm³/mol. The lowest BCUT2D eigenvalue weighted by Gasteiger charge is -2.22. The van der Waals surface area contributed by atoms with E-state index in [1.165, 1.54) is 6.42 Å². The smallest absolute Gasteiger partial charge is 0.0761 e. The van der Waals surface area contributed by atoms with Crippen molar-refractivity contribution in [3.63, 3.8) is 0 Å². The van der Waals surface area contributed by atoms with Crippen LogP contribution in [0, 0.1) is 6.92 Å². The molecule has 15 heavy (non-hydrogen) atoms. The maximum Gasteiger partial charge on any atom is 0.0761 e. The second kappa shape index (κ2) is 4.68. The van der Waals surface area contributed by atoms with E-state index in [9.17, 15) is 0 Å². The van der Waals surface area contributed by atoms with Crippen LogP contribution in [0.25, 0.3) is 0 Å². The van der Waals surface area contributed by atoms with Gasteiger partial charge in [-0.05, 0) is 26.3 Å². The average molecular weight is 207 g/mol. The van der Waals surface area contributed by atoms with Crippen LogP contribution in [-0.4, -0.2) is 39.7 Å². The fourth-order valence-corrected chi connectivity index (χ4v) is 2.20. The van der Waals surface area contributed by atoms with Gasteiger partial charge in [0, 0.05) is 18.9 Å². The van der Waals surface area contributed by atoms with Gasteiger partial charge < -0.3 is 5.11 Å². The first-order valence-corrected chi connectivity index (χ1v) is 5.44. The quantitative estimate of drug-likeness (QED) is 0.800. The van der Waals surface area contributed by atoms with E-state index in [2.05, 4.69) is 14.9 Å². The van der Waals surface area contributed by atoms with Crippen LogP contribution in [0.3, 0.4) is 0 Å². The molecule has 4 heteroatoms. The zero-order valence-electron chi connectivity index (χ0n) is 9.06. The summed E-state index contributed by atoms with van der Waals surface area (Å²) in [5, 5.41) is 8.97. The average Bonchev–Trinajstić information content (AvgIpc) is 2.66. The van der Waals surface area contributed by atoms with Crippen molar-refractivity contribution in [3.05, 3.63) is 23.8 Å². The predicted octanol–water partition coefficient (Wildman–Crippen LogP) is 0.914. The molecule has 1 aliphatic heterocycles. The molecule has 0 aromatic carbocycles. The molecule has 0 amide bonds. The van der Waals surface area contributed by atoms with Crippen LogP contribution in [0.15, 0.2) is 12.4 Å². The molecule has 1 N–H and O–H groups in total. The van der Waals surface area contributed by atoms with Gasteiger partial charge >= 0.3 is 0 Å². The van der Waals surface area contributed by atoms with Crippen molar-refractivity contribution in [1.82, 2.24) is 14.9 Å². The number of hydrogen-bond donors (Lipinski definition) is 1. The Kier molecular flexibility index (Phi) is 3.28. The Balaban J connectivity index is 2.15. The van der Waals surface area contributed by atoms with Gasteiger partial charge in [0.15, 0.2) is 0 Å². The minimum atomic E-state index is 0.218. The van der Waals surface area contributed by atoms with Gasteiger partial charge in [0.05, 0.1) is 24.0 Å². The number of aliphatic hydroxyl groups is 1. The Labute approximate surface area is 90.0 Å². The molecule has 1 atom stereocenters. The van der Waals surface area contributed by atoms with Crippen molar-refractivity contribution in [2.45, 2.75) is 25.8 Å².